The number of benzene rings is 1. The third-order valence-corrected chi connectivity index (χ3v) is 2.66. The minimum absolute atomic E-state index is 0.0316. The SMILES string of the molecule is C=CCc1c([N+](=O)[O-])ccc2c1OC(CO)CO2.CC. The Morgan fingerprint density at radius 3 is 2.80 bits per heavy atom. The fourth-order valence-electron chi connectivity index (χ4n) is 1.82. The zero-order valence-corrected chi connectivity index (χ0v) is 11.7. The summed E-state index contributed by atoms with van der Waals surface area (Å²) in [6, 6.07) is 2.90. The van der Waals surface area contributed by atoms with E-state index in [1.807, 2.05) is 13.8 Å². The van der Waals surface area contributed by atoms with Gasteiger partial charge in [0.1, 0.15) is 6.61 Å². The van der Waals surface area contributed by atoms with Crippen molar-refractivity contribution < 1.29 is 19.5 Å². The van der Waals surface area contributed by atoms with Crippen LogP contribution in [0.5, 0.6) is 11.5 Å². The number of aliphatic hydroxyl groups excluding tert-OH is 1. The number of nitro groups is 1. The van der Waals surface area contributed by atoms with E-state index in [1.54, 1.807) is 6.08 Å². The molecule has 0 spiro atoms. The summed E-state index contributed by atoms with van der Waals surface area (Å²) in [4.78, 5) is 10.5. The molecule has 1 unspecified atom stereocenters. The second kappa shape index (κ2) is 7.49. The number of nitrogens with zero attached hydrogens (tertiary/aromatic N) is 1. The molecular weight excluding hydrogens is 262 g/mol. The highest BCUT2D eigenvalue weighted by Crippen LogP contribution is 2.40. The van der Waals surface area contributed by atoms with Crippen LogP contribution in [0.25, 0.3) is 0 Å². The maximum Gasteiger partial charge on any atom is 0.276 e. The van der Waals surface area contributed by atoms with E-state index in [9.17, 15) is 10.1 Å². The molecule has 1 aliphatic heterocycles. The minimum Gasteiger partial charge on any atom is -0.486 e. The molecule has 0 amide bonds. The average Bonchev–Trinajstić information content (AvgIpc) is 2.49. The van der Waals surface area contributed by atoms with Crippen LogP contribution in [-0.4, -0.2) is 29.3 Å². The van der Waals surface area contributed by atoms with Crippen molar-refractivity contribution in [3.8, 4) is 11.5 Å². The van der Waals surface area contributed by atoms with Gasteiger partial charge in [0.25, 0.3) is 5.69 Å². The number of allylic oxidation sites excluding steroid dienone is 1. The Morgan fingerprint density at radius 2 is 2.25 bits per heavy atom. The van der Waals surface area contributed by atoms with Gasteiger partial charge in [0.2, 0.25) is 0 Å². The van der Waals surface area contributed by atoms with Crippen molar-refractivity contribution in [1.82, 2.24) is 0 Å². The zero-order chi connectivity index (χ0) is 15.1. The molecule has 0 fully saturated rings. The van der Waals surface area contributed by atoms with Gasteiger partial charge in [-0.1, -0.05) is 19.9 Å². The normalized spacial score (nSPS) is 15.8. The largest absolute Gasteiger partial charge is 0.486 e. The third kappa shape index (κ3) is 3.27. The van der Waals surface area contributed by atoms with Gasteiger partial charge in [-0.3, -0.25) is 10.1 Å². The van der Waals surface area contributed by atoms with Crippen molar-refractivity contribution in [2.75, 3.05) is 13.2 Å². The molecule has 6 heteroatoms. The summed E-state index contributed by atoms with van der Waals surface area (Å²) in [5.41, 5.74) is 0.390. The van der Waals surface area contributed by atoms with Crippen LogP contribution in [0.3, 0.4) is 0 Å². The Labute approximate surface area is 117 Å². The Hall–Kier alpha value is -2.08. The first-order valence-electron chi connectivity index (χ1n) is 6.48. The van der Waals surface area contributed by atoms with E-state index < -0.39 is 11.0 Å². The molecule has 0 aliphatic carbocycles. The zero-order valence-electron chi connectivity index (χ0n) is 11.7. The highest BCUT2D eigenvalue weighted by atomic mass is 16.6. The van der Waals surface area contributed by atoms with Crippen molar-refractivity contribution in [1.29, 1.82) is 0 Å². The molecule has 1 aromatic carbocycles. The summed E-state index contributed by atoms with van der Waals surface area (Å²) in [5.74, 6) is 0.788. The smallest absolute Gasteiger partial charge is 0.276 e. The van der Waals surface area contributed by atoms with E-state index in [-0.39, 0.29) is 18.9 Å². The monoisotopic (exact) mass is 281 g/mol. The van der Waals surface area contributed by atoms with E-state index >= 15 is 0 Å². The van der Waals surface area contributed by atoms with Gasteiger partial charge in [0.15, 0.2) is 17.6 Å². The fourth-order valence-corrected chi connectivity index (χ4v) is 1.82. The first-order valence-corrected chi connectivity index (χ1v) is 6.48. The van der Waals surface area contributed by atoms with Crippen molar-refractivity contribution in [2.24, 2.45) is 0 Å². The Bertz CT molecular complexity index is 487. The van der Waals surface area contributed by atoms with E-state index in [0.29, 0.717) is 23.5 Å². The van der Waals surface area contributed by atoms with Crippen LogP contribution in [0.1, 0.15) is 19.4 Å². The van der Waals surface area contributed by atoms with E-state index in [0.717, 1.165) is 0 Å². The molecule has 1 aromatic rings. The van der Waals surface area contributed by atoms with Gasteiger partial charge in [0.05, 0.1) is 17.1 Å². The third-order valence-electron chi connectivity index (χ3n) is 2.66. The van der Waals surface area contributed by atoms with Gasteiger partial charge in [-0.05, 0) is 6.07 Å². The number of rotatable bonds is 4. The fraction of sp³-hybridized carbons (Fsp3) is 0.429. The summed E-state index contributed by atoms with van der Waals surface area (Å²) < 4.78 is 10.9. The van der Waals surface area contributed by atoms with Crippen molar-refractivity contribution in [2.45, 2.75) is 26.4 Å². The molecule has 110 valence electrons. The van der Waals surface area contributed by atoms with Crippen LogP contribution >= 0.6 is 0 Å². The highest BCUT2D eigenvalue weighted by molar-refractivity contribution is 5.58. The lowest BCUT2D eigenvalue weighted by atomic mass is 10.1. The second-order valence-corrected chi connectivity index (χ2v) is 3.87. The van der Waals surface area contributed by atoms with E-state index in [2.05, 4.69) is 6.58 Å². The number of hydrogen-bond donors (Lipinski definition) is 1. The number of fused-ring (bicyclic) bond motifs is 1. The Morgan fingerprint density at radius 1 is 1.55 bits per heavy atom. The summed E-state index contributed by atoms with van der Waals surface area (Å²) >= 11 is 0. The Kier molecular flexibility index (Phi) is 5.99. The molecule has 0 radical (unpaired) electrons. The lowest BCUT2D eigenvalue weighted by molar-refractivity contribution is -0.385. The molecule has 6 nitrogen and oxygen atoms in total. The number of hydrogen-bond acceptors (Lipinski definition) is 5. The molecule has 1 atom stereocenters. The summed E-state index contributed by atoms with van der Waals surface area (Å²) in [6.45, 7) is 7.61. The molecule has 0 aromatic heterocycles. The first-order chi connectivity index (χ1) is 9.67. The summed E-state index contributed by atoms with van der Waals surface area (Å²) in [7, 11) is 0. The average molecular weight is 281 g/mol. The molecule has 0 saturated heterocycles. The minimum atomic E-state index is -0.497. The summed E-state index contributed by atoms with van der Waals surface area (Å²) in [5, 5.41) is 20.0. The van der Waals surface area contributed by atoms with Crippen LogP contribution < -0.4 is 9.47 Å². The van der Waals surface area contributed by atoms with Crippen molar-refractivity contribution in [3.05, 3.63) is 40.5 Å². The summed E-state index contributed by atoms with van der Waals surface area (Å²) in [6.07, 6.45) is 1.37. The molecule has 0 saturated carbocycles. The van der Waals surface area contributed by atoms with Gasteiger partial charge in [-0.15, -0.1) is 6.58 Å². The standard InChI is InChI=1S/C12H13NO5.C2H6/c1-2-3-9-10(13(15)16)4-5-11-12(9)18-8(6-14)7-17-11;1-2/h2,4-5,8,14H,1,3,6-7H2;1-2H3. The van der Waals surface area contributed by atoms with E-state index in [4.69, 9.17) is 14.6 Å². The lowest BCUT2D eigenvalue weighted by Crippen LogP contribution is -2.32. The quantitative estimate of drug-likeness (QED) is 0.521. The maximum atomic E-state index is 11.0. The van der Waals surface area contributed by atoms with Crippen LogP contribution in [0.2, 0.25) is 0 Å². The molecular formula is C14H19NO5. The van der Waals surface area contributed by atoms with Crippen LogP contribution in [-0.2, 0) is 6.42 Å². The predicted molar refractivity (Wildman–Crippen MR) is 75.3 cm³/mol. The van der Waals surface area contributed by atoms with Crippen LogP contribution in [0, 0.1) is 10.1 Å². The molecule has 1 N–H and O–H groups in total. The van der Waals surface area contributed by atoms with Crippen LogP contribution in [0.4, 0.5) is 5.69 Å². The molecule has 20 heavy (non-hydrogen) atoms. The van der Waals surface area contributed by atoms with Gasteiger partial charge < -0.3 is 14.6 Å². The number of aliphatic hydroxyl groups is 1. The number of ether oxygens (including phenoxy) is 2. The Balaban J connectivity index is 0.000000956. The van der Waals surface area contributed by atoms with Gasteiger partial charge in [0, 0.05) is 12.5 Å². The van der Waals surface area contributed by atoms with Crippen molar-refractivity contribution in [3.63, 3.8) is 0 Å². The van der Waals surface area contributed by atoms with E-state index in [1.165, 1.54) is 12.1 Å². The molecule has 0 bridgehead atoms. The highest BCUT2D eigenvalue weighted by Gasteiger charge is 2.28. The molecule has 2 rings (SSSR count). The second-order valence-electron chi connectivity index (χ2n) is 3.87. The number of nitro benzene ring substituents is 1. The van der Waals surface area contributed by atoms with Gasteiger partial charge in [-0.25, -0.2) is 0 Å². The molecule has 1 aliphatic rings. The topological polar surface area (TPSA) is 81.8 Å². The van der Waals surface area contributed by atoms with Gasteiger partial charge in [-0.2, -0.15) is 0 Å². The van der Waals surface area contributed by atoms with Gasteiger partial charge >= 0.3 is 0 Å². The maximum absolute atomic E-state index is 11.0. The first kappa shape index (κ1) is 16.0. The predicted octanol–water partition coefficient (Wildman–Crippen LogP) is 2.48. The van der Waals surface area contributed by atoms with Crippen molar-refractivity contribution >= 4 is 5.69 Å². The van der Waals surface area contributed by atoms with Crippen LogP contribution in [0.15, 0.2) is 24.8 Å². The lowest BCUT2D eigenvalue weighted by Gasteiger charge is -2.26. The molecule has 1 heterocycles.